The van der Waals surface area contributed by atoms with Gasteiger partial charge in [0.05, 0.1) is 6.04 Å². The van der Waals surface area contributed by atoms with Crippen molar-refractivity contribution in [3.63, 3.8) is 0 Å². The Bertz CT molecular complexity index is 996. The molecule has 3 aliphatic rings. The van der Waals surface area contributed by atoms with Crippen molar-refractivity contribution in [1.29, 1.82) is 0 Å². The molecule has 164 valence electrons. The lowest BCUT2D eigenvalue weighted by molar-refractivity contribution is 0.0694. The van der Waals surface area contributed by atoms with Crippen molar-refractivity contribution in [1.82, 2.24) is 15.1 Å². The van der Waals surface area contributed by atoms with Gasteiger partial charge in [-0.1, -0.05) is 29.3 Å². The van der Waals surface area contributed by atoms with Crippen LogP contribution in [-0.4, -0.2) is 68.2 Å². The summed E-state index contributed by atoms with van der Waals surface area (Å²) in [5.41, 5.74) is 3.03. The minimum Gasteiger partial charge on any atom is -0.484 e. The number of ether oxygens (including phenoxy) is 1. The van der Waals surface area contributed by atoms with Gasteiger partial charge in [0, 0.05) is 73.7 Å². The van der Waals surface area contributed by atoms with Crippen LogP contribution >= 0.6 is 23.2 Å². The van der Waals surface area contributed by atoms with E-state index in [1.54, 1.807) is 9.80 Å². The van der Waals surface area contributed by atoms with Crippen LogP contribution in [0.5, 0.6) is 5.75 Å². The highest BCUT2D eigenvalue weighted by atomic mass is 35.5. The molecule has 0 aromatic heterocycles. The van der Waals surface area contributed by atoms with Gasteiger partial charge >= 0.3 is 6.03 Å². The standard InChI is InChI=1S/C23H26Cl2N4O2/c1-27-9-10-29(23(27)30)16-3-2-4-17(13-16)31-22-19-11-15(24)12-20(25)18(19)14-21(22)28-7-5-26-6-8-28/h2-4,11-13,21-22,26H,5-10,14H2,1H3/t21-,22-/m0/s1. The molecule has 0 saturated carbocycles. The van der Waals surface area contributed by atoms with E-state index in [9.17, 15) is 4.79 Å². The van der Waals surface area contributed by atoms with E-state index in [-0.39, 0.29) is 18.2 Å². The second kappa shape index (κ2) is 8.51. The molecule has 2 aliphatic heterocycles. The molecule has 1 aliphatic carbocycles. The Labute approximate surface area is 192 Å². The second-order valence-corrected chi connectivity index (χ2v) is 9.25. The summed E-state index contributed by atoms with van der Waals surface area (Å²) in [6.45, 7) is 5.28. The van der Waals surface area contributed by atoms with Gasteiger partial charge in [0.2, 0.25) is 0 Å². The van der Waals surface area contributed by atoms with Crippen LogP contribution in [0.25, 0.3) is 0 Å². The predicted octanol–water partition coefficient (Wildman–Crippen LogP) is 3.82. The van der Waals surface area contributed by atoms with Crippen molar-refractivity contribution in [3.05, 3.63) is 57.6 Å². The normalized spacial score (nSPS) is 24.0. The molecule has 0 unspecified atom stereocenters. The molecule has 0 radical (unpaired) electrons. The van der Waals surface area contributed by atoms with Gasteiger partial charge in [-0.2, -0.15) is 0 Å². The maximum absolute atomic E-state index is 12.4. The number of benzene rings is 2. The first-order chi connectivity index (χ1) is 15.0. The third-order valence-corrected chi connectivity index (χ3v) is 7.05. The molecule has 31 heavy (non-hydrogen) atoms. The SMILES string of the molecule is CN1CCN(c2cccc(O[C@H]3c4cc(Cl)cc(Cl)c4C[C@@H]3N3CCNCC3)c2)C1=O. The smallest absolute Gasteiger partial charge is 0.324 e. The van der Waals surface area contributed by atoms with Crippen molar-refractivity contribution in [3.8, 4) is 5.75 Å². The number of hydrogen-bond donors (Lipinski definition) is 1. The Morgan fingerprint density at radius 1 is 1.06 bits per heavy atom. The fourth-order valence-electron chi connectivity index (χ4n) is 4.85. The molecule has 5 rings (SSSR count). The van der Waals surface area contributed by atoms with Gasteiger partial charge in [0.25, 0.3) is 0 Å². The average Bonchev–Trinajstić information content (AvgIpc) is 3.29. The lowest BCUT2D eigenvalue weighted by Crippen LogP contribution is -2.50. The summed E-state index contributed by atoms with van der Waals surface area (Å²) in [5, 5.41) is 4.74. The molecule has 2 heterocycles. The second-order valence-electron chi connectivity index (χ2n) is 8.40. The molecule has 0 spiro atoms. The number of nitrogens with one attached hydrogen (secondary N) is 1. The Morgan fingerprint density at radius 2 is 1.87 bits per heavy atom. The zero-order valence-electron chi connectivity index (χ0n) is 17.5. The lowest BCUT2D eigenvalue weighted by atomic mass is 10.1. The van der Waals surface area contributed by atoms with Gasteiger partial charge in [-0.15, -0.1) is 0 Å². The number of carbonyl (C=O) groups is 1. The van der Waals surface area contributed by atoms with Gasteiger partial charge in [0.15, 0.2) is 0 Å². The number of amides is 2. The van der Waals surface area contributed by atoms with E-state index in [2.05, 4.69) is 10.2 Å². The van der Waals surface area contributed by atoms with Gasteiger partial charge < -0.3 is 15.0 Å². The minimum absolute atomic E-state index is 0.0145. The maximum atomic E-state index is 12.4. The molecule has 0 bridgehead atoms. The van der Waals surface area contributed by atoms with E-state index >= 15 is 0 Å². The summed E-state index contributed by atoms with van der Waals surface area (Å²) >= 11 is 12.9. The molecule has 2 aromatic rings. The average molecular weight is 461 g/mol. The van der Waals surface area contributed by atoms with E-state index < -0.39 is 0 Å². The first-order valence-electron chi connectivity index (χ1n) is 10.7. The summed E-state index contributed by atoms with van der Waals surface area (Å²) < 4.78 is 6.61. The first kappa shape index (κ1) is 20.9. The number of anilines is 1. The van der Waals surface area contributed by atoms with E-state index in [1.165, 1.54) is 0 Å². The summed E-state index contributed by atoms with van der Waals surface area (Å²) in [7, 11) is 1.82. The van der Waals surface area contributed by atoms with Crippen LogP contribution in [0.1, 0.15) is 17.2 Å². The fraction of sp³-hybridized carbons (Fsp3) is 0.435. The summed E-state index contributed by atoms with van der Waals surface area (Å²) in [4.78, 5) is 18.4. The van der Waals surface area contributed by atoms with Crippen LogP contribution in [0, 0.1) is 0 Å². The fourth-order valence-corrected chi connectivity index (χ4v) is 5.44. The highest BCUT2D eigenvalue weighted by Crippen LogP contribution is 2.43. The Kier molecular flexibility index (Phi) is 5.73. The van der Waals surface area contributed by atoms with E-state index in [0.29, 0.717) is 16.6 Å². The largest absolute Gasteiger partial charge is 0.484 e. The molecule has 2 fully saturated rings. The summed E-state index contributed by atoms with van der Waals surface area (Å²) in [6.07, 6.45) is 0.668. The first-order valence-corrected chi connectivity index (χ1v) is 11.5. The van der Waals surface area contributed by atoms with Gasteiger partial charge in [-0.05, 0) is 36.2 Å². The molecular weight excluding hydrogens is 435 g/mol. The van der Waals surface area contributed by atoms with E-state index in [1.807, 2.05) is 43.4 Å². The van der Waals surface area contributed by atoms with Crippen molar-refractivity contribution in [2.45, 2.75) is 18.6 Å². The van der Waals surface area contributed by atoms with Crippen LogP contribution in [-0.2, 0) is 6.42 Å². The number of urea groups is 1. The topological polar surface area (TPSA) is 48.1 Å². The third kappa shape index (κ3) is 3.98. The maximum Gasteiger partial charge on any atom is 0.324 e. The molecule has 2 saturated heterocycles. The van der Waals surface area contributed by atoms with Crippen LogP contribution < -0.4 is 15.0 Å². The van der Waals surface area contributed by atoms with Crippen LogP contribution in [0.4, 0.5) is 10.5 Å². The summed E-state index contributed by atoms with van der Waals surface area (Å²) in [5.74, 6) is 0.744. The molecule has 8 heteroatoms. The number of likely N-dealkylation sites (N-methyl/N-ethyl adjacent to an activating group) is 1. The lowest BCUT2D eigenvalue weighted by Gasteiger charge is -2.36. The number of carbonyl (C=O) groups excluding carboxylic acids is 1. The Balaban J connectivity index is 1.46. The van der Waals surface area contributed by atoms with Crippen molar-refractivity contribution in [2.75, 3.05) is 51.2 Å². The number of piperazine rings is 1. The van der Waals surface area contributed by atoms with Crippen molar-refractivity contribution < 1.29 is 9.53 Å². The van der Waals surface area contributed by atoms with Gasteiger partial charge in [0.1, 0.15) is 11.9 Å². The molecule has 2 aromatic carbocycles. The number of hydrogen-bond acceptors (Lipinski definition) is 4. The van der Waals surface area contributed by atoms with Crippen molar-refractivity contribution >= 4 is 34.9 Å². The zero-order valence-corrected chi connectivity index (χ0v) is 19.0. The highest BCUT2D eigenvalue weighted by Gasteiger charge is 2.40. The molecule has 2 atom stereocenters. The van der Waals surface area contributed by atoms with Crippen LogP contribution in [0.15, 0.2) is 36.4 Å². The van der Waals surface area contributed by atoms with Crippen LogP contribution in [0.3, 0.4) is 0 Å². The zero-order chi connectivity index (χ0) is 21.5. The molecule has 1 N–H and O–H groups in total. The Hall–Kier alpha value is -1.99. The predicted molar refractivity (Wildman–Crippen MR) is 124 cm³/mol. The van der Waals surface area contributed by atoms with Gasteiger partial charge in [-0.25, -0.2) is 4.79 Å². The van der Waals surface area contributed by atoms with Crippen LogP contribution in [0.2, 0.25) is 10.0 Å². The monoisotopic (exact) mass is 460 g/mol. The Morgan fingerprint density at radius 3 is 2.61 bits per heavy atom. The minimum atomic E-state index is -0.170. The van der Waals surface area contributed by atoms with E-state index in [0.717, 1.165) is 61.7 Å². The molecule has 6 nitrogen and oxygen atoms in total. The van der Waals surface area contributed by atoms with E-state index in [4.69, 9.17) is 27.9 Å². The number of rotatable bonds is 4. The summed E-state index contributed by atoms with van der Waals surface area (Å²) in [6, 6.07) is 11.8. The quantitative estimate of drug-likeness (QED) is 0.753. The van der Waals surface area contributed by atoms with Crippen molar-refractivity contribution in [2.24, 2.45) is 0 Å². The van der Waals surface area contributed by atoms with Gasteiger partial charge in [-0.3, -0.25) is 9.80 Å². The number of halogens is 2. The highest BCUT2D eigenvalue weighted by molar-refractivity contribution is 6.35. The molecular formula is C23H26Cl2N4O2. The third-order valence-electron chi connectivity index (χ3n) is 6.49. The number of nitrogens with zero attached hydrogens (tertiary/aromatic N) is 3. The number of fused-ring (bicyclic) bond motifs is 1. The molecule has 2 amide bonds.